The van der Waals surface area contributed by atoms with Crippen LogP contribution in [0.15, 0.2) is 29.1 Å². The molecule has 0 aliphatic rings. The van der Waals surface area contributed by atoms with Crippen molar-refractivity contribution in [2.75, 3.05) is 0 Å². The van der Waals surface area contributed by atoms with Crippen LogP contribution in [0, 0.1) is 13.8 Å². The number of hydrogen-bond acceptors (Lipinski definition) is 4. The number of aromatic nitrogens is 4. The van der Waals surface area contributed by atoms with E-state index in [4.69, 9.17) is 0 Å². The lowest BCUT2D eigenvalue weighted by atomic mass is 10.2. The van der Waals surface area contributed by atoms with E-state index in [1.807, 2.05) is 32.0 Å². The molecule has 6 heteroatoms. The zero-order chi connectivity index (χ0) is 15.0. The van der Waals surface area contributed by atoms with E-state index >= 15 is 0 Å². The van der Waals surface area contributed by atoms with E-state index < -0.39 is 0 Å². The lowest BCUT2D eigenvalue weighted by Crippen LogP contribution is -2.15. The van der Waals surface area contributed by atoms with Crippen LogP contribution in [0.1, 0.15) is 22.8 Å². The van der Waals surface area contributed by atoms with Gasteiger partial charge in [-0.15, -0.1) is 0 Å². The van der Waals surface area contributed by atoms with E-state index in [2.05, 4.69) is 15.1 Å². The van der Waals surface area contributed by atoms with Crippen molar-refractivity contribution in [3.63, 3.8) is 0 Å². The number of aliphatic hydroxyl groups is 1. The minimum absolute atomic E-state index is 0.0423. The molecule has 3 rings (SSSR count). The van der Waals surface area contributed by atoms with E-state index in [0.717, 1.165) is 17.0 Å². The van der Waals surface area contributed by atoms with Crippen LogP contribution >= 0.6 is 0 Å². The third kappa shape index (κ3) is 2.34. The van der Waals surface area contributed by atoms with Gasteiger partial charge in [-0.1, -0.05) is 12.1 Å². The van der Waals surface area contributed by atoms with Crippen molar-refractivity contribution >= 4 is 10.9 Å². The number of fused-ring (bicyclic) bond motifs is 1. The lowest BCUT2D eigenvalue weighted by Gasteiger charge is -2.05. The number of nitrogens with zero attached hydrogens (tertiary/aromatic N) is 3. The molecule has 0 atom stereocenters. The number of benzene rings is 1. The molecule has 2 heterocycles. The van der Waals surface area contributed by atoms with Gasteiger partial charge in [-0.25, -0.2) is 4.98 Å². The van der Waals surface area contributed by atoms with Crippen LogP contribution in [-0.2, 0) is 13.2 Å². The van der Waals surface area contributed by atoms with Crippen LogP contribution in [0.2, 0.25) is 0 Å². The number of para-hydroxylation sites is 1. The summed E-state index contributed by atoms with van der Waals surface area (Å²) < 4.78 is 1.74. The van der Waals surface area contributed by atoms with Crippen molar-refractivity contribution < 1.29 is 5.11 Å². The number of H-pyrrole nitrogens is 1. The number of aliphatic hydroxyl groups excluding tert-OH is 1. The van der Waals surface area contributed by atoms with Crippen LogP contribution in [0.25, 0.3) is 10.9 Å². The van der Waals surface area contributed by atoms with E-state index in [1.54, 1.807) is 10.7 Å². The van der Waals surface area contributed by atoms with Gasteiger partial charge in [0.25, 0.3) is 5.56 Å². The summed E-state index contributed by atoms with van der Waals surface area (Å²) >= 11 is 0. The molecule has 21 heavy (non-hydrogen) atoms. The van der Waals surface area contributed by atoms with E-state index in [0.29, 0.717) is 23.3 Å². The Kier molecular flexibility index (Phi) is 3.31. The molecule has 1 aromatic carbocycles. The van der Waals surface area contributed by atoms with Gasteiger partial charge in [0.05, 0.1) is 29.7 Å². The number of nitrogens with one attached hydrogen (secondary N) is 1. The molecular weight excluding hydrogens is 268 g/mol. The Bertz CT molecular complexity index is 864. The Morgan fingerprint density at radius 3 is 2.76 bits per heavy atom. The van der Waals surface area contributed by atoms with Crippen molar-refractivity contribution in [2.24, 2.45) is 0 Å². The quantitative estimate of drug-likeness (QED) is 0.759. The highest BCUT2D eigenvalue weighted by molar-refractivity contribution is 5.77. The fourth-order valence-corrected chi connectivity index (χ4v) is 2.47. The molecule has 3 aromatic rings. The van der Waals surface area contributed by atoms with Gasteiger partial charge >= 0.3 is 0 Å². The maximum absolute atomic E-state index is 12.0. The predicted octanol–water partition coefficient (Wildman–Crippen LogP) is 1.28. The summed E-state index contributed by atoms with van der Waals surface area (Å²) in [5, 5.41) is 14.3. The second-order valence-electron chi connectivity index (χ2n) is 4.99. The molecule has 0 amide bonds. The first-order valence-electron chi connectivity index (χ1n) is 6.72. The topological polar surface area (TPSA) is 83.8 Å². The van der Waals surface area contributed by atoms with Crippen molar-refractivity contribution in [3.05, 3.63) is 57.4 Å². The Morgan fingerprint density at radius 2 is 2.05 bits per heavy atom. The molecule has 0 saturated carbocycles. The van der Waals surface area contributed by atoms with E-state index in [1.165, 1.54) is 0 Å². The molecule has 0 bridgehead atoms. The van der Waals surface area contributed by atoms with Crippen molar-refractivity contribution in [2.45, 2.75) is 27.0 Å². The van der Waals surface area contributed by atoms with Gasteiger partial charge in [-0.3, -0.25) is 9.48 Å². The minimum Gasteiger partial charge on any atom is -0.392 e. The molecule has 0 aliphatic heterocycles. The minimum atomic E-state index is -0.153. The van der Waals surface area contributed by atoms with Crippen LogP contribution in [0.3, 0.4) is 0 Å². The van der Waals surface area contributed by atoms with Gasteiger partial charge in [0, 0.05) is 11.3 Å². The second-order valence-corrected chi connectivity index (χ2v) is 4.99. The van der Waals surface area contributed by atoms with Crippen LogP contribution in [0.4, 0.5) is 0 Å². The summed E-state index contributed by atoms with van der Waals surface area (Å²) in [5.74, 6) is 0.550. The summed E-state index contributed by atoms with van der Waals surface area (Å²) in [7, 11) is 0. The molecule has 0 saturated heterocycles. The summed E-state index contributed by atoms with van der Waals surface area (Å²) in [4.78, 5) is 19.3. The monoisotopic (exact) mass is 284 g/mol. The van der Waals surface area contributed by atoms with Crippen LogP contribution < -0.4 is 5.56 Å². The Labute approximate surface area is 121 Å². The molecule has 0 aliphatic carbocycles. The van der Waals surface area contributed by atoms with Gasteiger partial charge in [0.2, 0.25) is 0 Å². The highest BCUT2D eigenvalue weighted by Crippen LogP contribution is 2.14. The fourth-order valence-electron chi connectivity index (χ4n) is 2.47. The molecule has 0 radical (unpaired) electrons. The zero-order valence-electron chi connectivity index (χ0n) is 11.9. The normalized spacial score (nSPS) is 11.2. The maximum Gasteiger partial charge on any atom is 0.258 e. The smallest absolute Gasteiger partial charge is 0.258 e. The van der Waals surface area contributed by atoms with Crippen molar-refractivity contribution in [1.29, 1.82) is 0 Å². The fraction of sp³-hybridized carbons (Fsp3) is 0.267. The molecule has 0 spiro atoms. The maximum atomic E-state index is 12.0. The Morgan fingerprint density at radius 1 is 1.29 bits per heavy atom. The first kappa shape index (κ1) is 13.5. The SMILES string of the molecule is Cc1nn(Cc2nc3ccccc3c(=O)[nH]2)c(C)c1CO. The molecular formula is C15H16N4O2. The van der Waals surface area contributed by atoms with Gasteiger partial charge in [0.15, 0.2) is 0 Å². The highest BCUT2D eigenvalue weighted by atomic mass is 16.3. The number of hydrogen-bond donors (Lipinski definition) is 2. The van der Waals surface area contributed by atoms with Crippen LogP contribution in [0.5, 0.6) is 0 Å². The van der Waals surface area contributed by atoms with E-state index in [-0.39, 0.29) is 12.2 Å². The third-order valence-corrected chi connectivity index (χ3v) is 3.65. The van der Waals surface area contributed by atoms with Gasteiger partial charge in [-0.05, 0) is 26.0 Å². The zero-order valence-corrected chi connectivity index (χ0v) is 11.9. The second kappa shape index (κ2) is 5.14. The van der Waals surface area contributed by atoms with Gasteiger partial charge in [-0.2, -0.15) is 5.10 Å². The molecule has 2 aromatic heterocycles. The third-order valence-electron chi connectivity index (χ3n) is 3.65. The number of rotatable bonds is 3. The molecule has 6 nitrogen and oxygen atoms in total. The van der Waals surface area contributed by atoms with Gasteiger partial charge in [0.1, 0.15) is 5.82 Å². The lowest BCUT2D eigenvalue weighted by molar-refractivity contribution is 0.280. The average Bonchev–Trinajstić information content (AvgIpc) is 2.73. The van der Waals surface area contributed by atoms with Crippen LogP contribution in [-0.4, -0.2) is 24.9 Å². The summed E-state index contributed by atoms with van der Waals surface area (Å²) in [6.07, 6.45) is 0. The largest absolute Gasteiger partial charge is 0.392 e. The first-order valence-corrected chi connectivity index (χ1v) is 6.72. The summed E-state index contributed by atoms with van der Waals surface area (Å²) in [5.41, 5.74) is 3.00. The predicted molar refractivity (Wildman–Crippen MR) is 79.1 cm³/mol. The molecule has 108 valence electrons. The standard InChI is InChI=1S/C15H16N4O2/c1-9-12(8-20)10(2)19(18-9)7-14-16-13-6-4-3-5-11(13)15(21)17-14/h3-6,20H,7-8H2,1-2H3,(H,16,17,21). The molecule has 2 N–H and O–H groups in total. The van der Waals surface area contributed by atoms with Gasteiger partial charge < -0.3 is 10.1 Å². The van der Waals surface area contributed by atoms with E-state index in [9.17, 15) is 9.90 Å². The Hall–Kier alpha value is -2.47. The highest BCUT2D eigenvalue weighted by Gasteiger charge is 2.12. The number of aryl methyl sites for hydroxylation is 1. The van der Waals surface area contributed by atoms with Crippen molar-refractivity contribution in [1.82, 2.24) is 19.7 Å². The average molecular weight is 284 g/mol. The molecule has 0 fully saturated rings. The first-order chi connectivity index (χ1) is 10.1. The van der Waals surface area contributed by atoms with Crippen molar-refractivity contribution in [3.8, 4) is 0 Å². The number of aromatic amines is 1. The molecule has 0 unspecified atom stereocenters. The summed E-state index contributed by atoms with van der Waals surface area (Å²) in [6, 6.07) is 7.23. The summed E-state index contributed by atoms with van der Waals surface area (Å²) in [6.45, 7) is 4.07. The Balaban J connectivity index is 2.04.